The number of nitriles is 1. The first kappa shape index (κ1) is 13.1. The van der Waals surface area contributed by atoms with Crippen molar-refractivity contribution in [1.29, 1.82) is 5.26 Å². The van der Waals surface area contributed by atoms with Crippen molar-refractivity contribution in [3.05, 3.63) is 17.0 Å². The molecule has 0 aliphatic carbocycles. The fourth-order valence-electron chi connectivity index (χ4n) is 2.29. The SMILES string of the molecule is CC1CCCN(CC(=O)Nc2sccc2C#N)C1. The van der Waals surface area contributed by atoms with Crippen molar-refractivity contribution < 1.29 is 4.79 Å². The predicted octanol–water partition coefficient (Wildman–Crippen LogP) is 2.29. The molecule has 1 unspecified atom stereocenters. The van der Waals surface area contributed by atoms with Gasteiger partial charge < -0.3 is 5.32 Å². The van der Waals surface area contributed by atoms with Crippen molar-refractivity contribution in [2.24, 2.45) is 5.92 Å². The molecule has 0 spiro atoms. The van der Waals surface area contributed by atoms with E-state index in [-0.39, 0.29) is 5.91 Å². The Morgan fingerprint density at radius 1 is 1.72 bits per heavy atom. The second kappa shape index (κ2) is 5.98. The van der Waals surface area contributed by atoms with Gasteiger partial charge >= 0.3 is 0 Å². The van der Waals surface area contributed by atoms with Crippen LogP contribution in [0.5, 0.6) is 0 Å². The van der Waals surface area contributed by atoms with Gasteiger partial charge in [-0.3, -0.25) is 9.69 Å². The van der Waals surface area contributed by atoms with E-state index in [1.54, 1.807) is 6.07 Å². The largest absolute Gasteiger partial charge is 0.315 e. The van der Waals surface area contributed by atoms with Crippen LogP contribution in [0.1, 0.15) is 25.3 Å². The topological polar surface area (TPSA) is 56.1 Å². The van der Waals surface area contributed by atoms with Gasteiger partial charge in [0.2, 0.25) is 5.91 Å². The zero-order valence-electron chi connectivity index (χ0n) is 10.5. The van der Waals surface area contributed by atoms with E-state index in [2.05, 4.69) is 23.2 Å². The third kappa shape index (κ3) is 3.31. The van der Waals surface area contributed by atoms with Crippen LogP contribution in [-0.4, -0.2) is 30.4 Å². The van der Waals surface area contributed by atoms with E-state index in [4.69, 9.17) is 5.26 Å². The number of nitrogens with one attached hydrogen (secondary N) is 1. The van der Waals surface area contributed by atoms with Gasteiger partial charge in [0, 0.05) is 6.54 Å². The lowest BCUT2D eigenvalue weighted by molar-refractivity contribution is -0.117. The molecule has 1 aromatic rings. The summed E-state index contributed by atoms with van der Waals surface area (Å²) in [7, 11) is 0. The number of rotatable bonds is 3. The normalized spacial score (nSPS) is 20.3. The van der Waals surface area contributed by atoms with Crippen molar-refractivity contribution >= 4 is 22.2 Å². The molecular weight excluding hydrogens is 246 g/mol. The van der Waals surface area contributed by atoms with Gasteiger partial charge in [0.05, 0.1) is 12.1 Å². The molecule has 1 fully saturated rings. The Morgan fingerprint density at radius 2 is 2.56 bits per heavy atom. The third-order valence-electron chi connectivity index (χ3n) is 3.15. The molecule has 2 heterocycles. The van der Waals surface area contributed by atoms with Gasteiger partial charge in [-0.1, -0.05) is 6.92 Å². The lowest BCUT2D eigenvalue weighted by atomic mass is 10.0. The molecular formula is C13H17N3OS. The maximum Gasteiger partial charge on any atom is 0.239 e. The quantitative estimate of drug-likeness (QED) is 0.910. The Hall–Kier alpha value is -1.38. The molecule has 0 aromatic carbocycles. The highest BCUT2D eigenvalue weighted by Gasteiger charge is 2.19. The van der Waals surface area contributed by atoms with Crippen LogP contribution >= 0.6 is 11.3 Å². The standard InChI is InChI=1S/C13H17N3OS/c1-10-3-2-5-16(8-10)9-12(17)15-13-11(7-14)4-6-18-13/h4,6,10H,2-3,5,8-9H2,1H3,(H,15,17). The average molecular weight is 263 g/mol. The van der Waals surface area contributed by atoms with Gasteiger partial charge in [0.25, 0.3) is 0 Å². The highest BCUT2D eigenvalue weighted by molar-refractivity contribution is 7.14. The monoisotopic (exact) mass is 263 g/mol. The van der Waals surface area contributed by atoms with E-state index < -0.39 is 0 Å². The first-order chi connectivity index (χ1) is 8.69. The molecule has 2 rings (SSSR count). The third-order valence-corrected chi connectivity index (χ3v) is 3.98. The van der Waals surface area contributed by atoms with Gasteiger partial charge in [-0.25, -0.2) is 0 Å². The molecule has 4 nitrogen and oxygen atoms in total. The second-order valence-corrected chi connectivity index (χ2v) is 5.72. The molecule has 1 saturated heterocycles. The van der Waals surface area contributed by atoms with Crippen LogP contribution in [0.15, 0.2) is 11.4 Å². The number of likely N-dealkylation sites (tertiary alicyclic amines) is 1. The van der Waals surface area contributed by atoms with Crippen LogP contribution in [0.2, 0.25) is 0 Å². The summed E-state index contributed by atoms with van der Waals surface area (Å²) < 4.78 is 0. The summed E-state index contributed by atoms with van der Waals surface area (Å²) in [6, 6.07) is 3.80. The summed E-state index contributed by atoms with van der Waals surface area (Å²) in [5.41, 5.74) is 0.542. The number of carbonyl (C=O) groups excluding carboxylic acids is 1. The fraction of sp³-hybridized carbons (Fsp3) is 0.538. The van der Waals surface area contributed by atoms with E-state index in [0.29, 0.717) is 23.0 Å². The van der Waals surface area contributed by atoms with E-state index in [1.807, 2.05) is 5.38 Å². The summed E-state index contributed by atoms with van der Waals surface area (Å²) in [6.07, 6.45) is 2.42. The summed E-state index contributed by atoms with van der Waals surface area (Å²) in [4.78, 5) is 14.1. The van der Waals surface area contributed by atoms with Crippen LogP contribution in [0, 0.1) is 17.2 Å². The summed E-state index contributed by atoms with van der Waals surface area (Å²) >= 11 is 1.39. The molecule has 0 saturated carbocycles. The highest BCUT2D eigenvalue weighted by atomic mass is 32.1. The first-order valence-corrected chi connectivity index (χ1v) is 7.07. The molecule has 18 heavy (non-hydrogen) atoms. The van der Waals surface area contributed by atoms with Gasteiger partial charge in [-0.15, -0.1) is 11.3 Å². The minimum Gasteiger partial charge on any atom is -0.315 e. The zero-order chi connectivity index (χ0) is 13.0. The van der Waals surface area contributed by atoms with Crippen LogP contribution in [0.3, 0.4) is 0 Å². The number of amides is 1. The van der Waals surface area contributed by atoms with Crippen LogP contribution in [-0.2, 0) is 4.79 Å². The Bertz CT molecular complexity index is 463. The molecule has 1 aliphatic rings. The van der Waals surface area contributed by atoms with E-state index in [9.17, 15) is 4.79 Å². The summed E-state index contributed by atoms with van der Waals surface area (Å²) in [6.45, 7) is 4.63. The minimum atomic E-state index is -0.0250. The van der Waals surface area contributed by atoms with Crippen molar-refractivity contribution in [3.8, 4) is 6.07 Å². The molecule has 1 N–H and O–H groups in total. The lowest BCUT2D eigenvalue weighted by Crippen LogP contribution is -2.39. The molecule has 1 aliphatic heterocycles. The number of hydrogen-bond donors (Lipinski definition) is 1. The number of anilines is 1. The molecule has 1 aromatic heterocycles. The summed E-state index contributed by atoms with van der Waals surface area (Å²) in [5, 5.41) is 14.2. The van der Waals surface area contributed by atoms with E-state index in [1.165, 1.54) is 17.8 Å². The molecule has 5 heteroatoms. The number of thiophene rings is 1. The molecule has 1 amide bonds. The summed E-state index contributed by atoms with van der Waals surface area (Å²) in [5.74, 6) is 0.644. The number of hydrogen-bond acceptors (Lipinski definition) is 4. The first-order valence-electron chi connectivity index (χ1n) is 6.19. The molecule has 0 bridgehead atoms. The average Bonchev–Trinajstić information content (AvgIpc) is 2.76. The molecule has 96 valence electrons. The van der Waals surface area contributed by atoms with Gasteiger partial charge in [-0.2, -0.15) is 5.26 Å². The smallest absolute Gasteiger partial charge is 0.239 e. The fourth-order valence-corrected chi connectivity index (χ4v) is 3.05. The van der Waals surface area contributed by atoms with Crippen LogP contribution in [0.25, 0.3) is 0 Å². The van der Waals surface area contributed by atoms with Crippen molar-refractivity contribution in [3.63, 3.8) is 0 Å². The number of carbonyl (C=O) groups is 1. The van der Waals surface area contributed by atoms with Gasteiger partial charge in [0.1, 0.15) is 11.1 Å². The van der Waals surface area contributed by atoms with Gasteiger partial charge in [0.15, 0.2) is 0 Å². The Morgan fingerprint density at radius 3 is 3.28 bits per heavy atom. The predicted molar refractivity (Wildman–Crippen MR) is 72.5 cm³/mol. The number of nitrogens with zero attached hydrogens (tertiary/aromatic N) is 2. The van der Waals surface area contributed by atoms with E-state index >= 15 is 0 Å². The van der Waals surface area contributed by atoms with E-state index in [0.717, 1.165) is 19.5 Å². The van der Waals surface area contributed by atoms with Crippen molar-refractivity contribution in [1.82, 2.24) is 4.90 Å². The molecule has 0 radical (unpaired) electrons. The second-order valence-electron chi connectivity index (χ2n) is 4.81. The van der Waals surface area contributed by atoms with Crippen LogP contribution in [0.4, 0.5) is 5.00 Å². The van der Waals surface area contributed by atoms with Crippen molar-refractivity contribution in [2.45, 2.75) is 19.8 Å². The highest BCUT2D eigenvalue weighted by Crippen LogP contribution is 2.22. The number of piperidine rings is 1. The Kier molecular flexibility index (Phi) is 4.34. The Balaban J connectivity index is 1.87. The molecule has 1 atom stereocenters. The lowest BCUT2D eigenvalue weighted by Gasteiger charge is -2.30. The van der Waals surface area contributed by atoms with Gasteiger partial charge in [-0.05, 0) is 36.8 Å². The maximum absolute atomic E-state index is 11.9. The minimum absolute atomic E-state index is 0.0250. The zero-order valence-corrected chi connectivity index (χ0v) is 11.3. The van der Waals surface area contributed by atoms with Crippen LogP contribution < -0.4 is 5.32 Å². The Labute approximate surface area is 111 Å². The maximum atomic E-state index is 11.9. The van der Waals surface area contributed by atoms with Crippen molar-refractivity contribution in [2.75, 3.05) is 25.0 Å².